The van der Waals surface area contributed by atoms with E-state index in [-0.39, 0.29) is 12.3 Å². The van der Waals surface area contributed by atoms with Crippen LogP contribution in [-0.2, 0) is 11.3 Å². The second kappa shape index (κ2) is 4.35. The number of nitrogens with zero attached hydrogens (tertiary/aromatic N) is 2. The van der Waals surface area contributed by atoms with Crippen LogP contribution >= 0.6 is 11.6 Å². The molecular weight excluding hydrogens is 244 g/mol. The number of carboxylic acids is 1. The Kier molecular flexibility index (Phi) is 3.04. The lowest BCUT2D eigenvalue weighted by atomic mass is 10.3. The van der Waals surface area contributed by atoms with Gasteiger partial charge in [0.2, 0.25) is 0 Å². The summed E-state index contributed by atoms with van der Waals surface area (Å²) in [5, 5.41) is 9.67. The first kappa shape index (κ1) is 11.9. The normalized spacial score (nSPS) is 11.0. The van der Waals surface area contributed by atoms with Crippen LogP contribution in [0.3, 0.4) is 0 Å². The SMILES string of the molecule is COCc1nc2c(C)cc(Cl)cn2c1C(=O)O. The van der Waals surface area contributed by atoms with Crippen molar-refractivity contribution in [3.8, 4) is 0 Å². The number of hydrogen-bond donors (Lipinski definition) is 1. The minimum atomic E-state index is -1.05. The lowest BCUT2D eigenvalue weighted by Gasteiger charge is -2.01. The third-order valence-corrected chi connectivity index (χ3v) is 2.63. The molecule has 0 bridgehead atoms. The van der Waals surface area contributed by atoms with E-state index >= 15 is 0 Å². The largest absolute Gasteiger partial charge is 0.477 e. The zero-order valence-electron chi connectivity index (χ0n) is 9.40. The minimum absolute atomic E-state index is 0.0902. The maximum Gasteiger partial charge on any atom is 0.354 e. The Bertz CT molecular complexity index is 592. The Balaban J connectivity index is 2.80. The molecule has 0 aromatic carbocycles. The van der Waals surface area contributed by atoms with E-state index in [1.54, 1.807) is 12.3 Å². The molecule has 2 heterocycles. The van der Waals surface area contributed by atoms with Crippen molar-refractivity contribution in [2.24, 2.45) is 0 Å². The van der Waals surface area contributed by atoms with Crippen LogP contribution in [0.15, 0.2) is 12.3 Å². The summed E-state index contributed by atoms with van der Waals surface area (Å²) in [7, 11) is 1.50. The van der Waals surface area contributed by atoms with Crippen LogP contribution in [0.2, 0.25) is 5.02 Å². The summed E-state index contributed by atoms with van der Waals surface area (Å²) in [6, 6.07) is 1.74. The average molecular weight is 255 g/mol. The van der Waals surface area contributed by atoms with Crippen LogP contribution in [0.25, 0.3) is 5.65 Å². The number of methoxy groups -OCH3 is 1. The maximum atomic E-state index is 11.2. The van der Waals surface area contributed by atoms with E-state index in [9.17, 15) is 9.90 Å². The molecular formula is C11H11ClN2O3. The maximum absolute atomic E-state index is 11.2. The first-order chi connectivity index (χ1) is 8.04. The van der Waals surface area contributed by atoms with Crippen molar-refractivity contribution >= 4 is 23.2 Å². The number of carbonyl (C=O) groups is 1. The monoisotopic (exact) mass is 254 g/mol. The van der Waals surface area contributed by atoms with Gasteiger partial charge in [0.1, 0.15) is 11.3 Å². The molecule has 5 nitrogen and oxygen atoms in total. The lowest BCUT2D eigenvalue weighted by Crippen LogP contribution is -2.06. The van der Waals surface area contributed by atoms with E-state index in [4.69, 9.17) is 16.3 Å². The van der Waals surface area contributed by atoms with Crippen LogP contribution in [0.1, 0.15) is 21.7 Å². The summed E-state index contributed by atoms with van der Waals surface area (Å²) in [4.78, 5) is 15.5. The van der Waals surface area contributed by atoms with Crippen molar-refractivity contribution < 1.29 is 14.6 Å². The average Bonchev–Trinajstić information content (AvgIpc) is 2.57. The van der Waals surface area contributed by atoms with Gasteiger partial charge in [0.25, 0.3) is 0 Å². The number of aromatic carboxylic acids is 1. The van der Waals surface area contributed by atoms with Gasteiger partial charge in [-0.3, -0.25) is 4.40 Å². The zero-order valence-corrected chi connectivity index (χ0v) is 10.2. The molecule has 0 fully saturated rings. The Morgan fingerprint density at radius 1 is 1.65 bits per heavy atom. The highest BCUT2D eigenvalue weighted by Crippen LogP contribution is 2.20. The highest BCUT2D eigenvalue weighted by atomic mass is 35.5. The molecule has 0 radical (unpaired) electrons. The topological polar surface area (TPSA) is 63.8 Å². The summed E-state index contributed by atoms with van der Waals surface area (Å²) >= 11 is 5.91. The highest BCUT2D eigenvalue weighted by Gasteiger charge is 2.19. The summed E-state index contributed by atoms with van der Waals surface area (Å²) in [5.74, 6) is -1.05. The Morgan fingerprint density at radius 2 is 2.35 bits per heavy atom. The molecule has 6 heteroatoms. The Hall–Kier alpha value is -1.59. The van der Waals surface area contributed by atoms with Gasteiger partial charge in [-0.15, -0.1) is 0 Å². The molecule has 2 aromatic rings. The molecule has 17 heavy (non-hydrogen) atoms. The Morgan fingerprint density at radius 3 is 2.94 bits per heavy atom. The van der Waals surface area contributed by atoms with Gasteiger partial charge in [0.15, 0.2) is 5.69 Å². The van der Waals surface area contributed by atoms with E-state index in [1.807, 2.05) is 6.92 Å². The summed E-state index contributed by atoms with van der Waals surface area (Å²) < 4.78 is 6.43. The molecule has 2 aromatic heterocycles. The molecule has 0 atom stereocenters. The number of pyridine rings is 1. The van der Waals surface area contributed by atoms with E-state index < -0.39 is 5.97 Å². The van der Waals surface area contributed by atoms with Gasteiger partial charge in [0.05, 0.1) is 11.6 Å². The zero-order chi connectivity index (χ0) is 12.6. The van der Waals surface area contributed by atoms with Crippen molar-refractivity contribution in [3.63, 3.8) is 0 Å². The second-order valence-electron chi connectivity index (χ2n) is 3.68. The molecule has 2 rings (SSSR count). The number of halogens is 1. The van der Waals surface area contributed by atoms with Gasteiger partial charge in [-0.25, -0.2) is 9.78 Å². The molecule has 0 saturated heterocycles. The van der Waals surface area contributed by atoms with Crippen molar-refractivity contribution in [2.75, 3.05) is 7.11 Å². The third-order valence-electron chi connectivity index (χ3n) is 2.43. The molecule has 0 aliphatic carbocycles. The predicted octanol–water partition coefficient (Wildman–Crippen LogP) is 2.14. The predicted molar refractivity (Wildman–Crippen MR) is 62.6 cm³/mol. The fourth-order valence-corrected chi connectivity index (χ4v) is 2.04. The fraction of sp³-hybridized carbons (Fsp3) is 0.273. The number of hydrogen-bond acceptors (Lipinski definition) is 3. The van der Waals surface area contributed by atoms with Gasteiger partial charge in [-0.1, -0.05) is 11.6 Å². The van der Waals surface area contributed by atoms with E-state index in [1.165, 1.54) is 11.5 Å². The van der Waals surface area contributed by atoms with E-state index in [0.29, 0.717) is 16.4 Å². The van der Waals surface area contributed by atoms with Crippen molar-refractivity contribution in [1.82, 2.24) is 9.38 Å². The second-order valence-corrected chi connectivity index (χ2v) is 4.12. The van der Waals surface area contributed by atoms with Gasteiger partial charge in [-0.05, 0) is 18.6 Å². The number of aromatic nitrogens is 2. The van der Waals surface area contributed by atoms with Crippen LogP contribution in [-0.4, -0.2) is 27.6 Å². The van der Waals surface area contributed by atoms with Gasteiger partial charge in [0, 0.05) is 13.3 Å². The number of carboxylic acid groups (broad SMARTS) is 1. The summed E-state index contributed by atoms with van der Waals surface area (Å²) in [6.07, 6.45) is 1.54. The van der Waals surface area contributed by atoms with E-state index in [2.05, 4.69) is 4.98 Å². The van der Waals surface area contributed by atoms with Gasteiger partial charge in [-0.2, -0.15) is 0 Å². The smallest absolute Gasteiger partial charge is 0.354 e. The number of imidazole rings is 1. The molecule has 1 N–H and O–H groups in total. The Labute approximate surface area is 103 Å². The van der Waals surface area contributed by atoms with Crippen LogP contribution in [0.4, 0.5) is 0 Å². The quantitative estimate of drug-likeness (QED) is 0.912. The van der Waals surface area contributed by atoms with Gasteiger partial charge < -0.3 is 9.84 Å². The third kappa shape index (κ3) is 1.99. The highest BCUT2D eigenvalue weighted by molar-refractivity contribution is 6.30. The van der Waals surface area contributed by atoms with Crippen LogP contribution in [0, 0.1) is 6.92 Å². The van der Waals surface area contributed by atoms with Crippen molar-refractivity contribution in [3.05, 3.63) is 34.2 Å². The number of aryl methyl sites for hydroxylation is 1. The molecule has 0 spiro atoms. The summed E-state index contributed by atoms with van der Waals surface area (Å²) in [6.45, 7) is 1.98. The van der Waals surface area contributed by atoms with Crippen LogP contribution in [0.5, 0.6) is 0 Å². The molecule has 0 aliphatic heterocycles. The number of ether oxygens (including phenoxy) is 1. The first-order valence-corrected chi connectivity index (χ1v) is 5.31. The minimum Gasteiger partial charge on any atom is -0.477 e. The number of rotatable bonds is 3. The van der Waals surface area contributed by atoms with E-state index in [0.717, 1.165) is 5.56 Å². The molecule has 90 valence electrons. The molecule has 0 unspecified atom stereocenters. The molecule has 0 saturated carbocycles. The lowest BCUT2D eigenvalue weighted by molar-refractivity contribution is 0.0683. The van der Waals surface area contributed by atoms with Crippen molar-refractivity contribution in [2.45, 2.75) is 13.5 Å². The van der Waals surface area contributed by atoms with Crippen molar-refractivity contribution in [1.29, 1.82) is 0 Å². The number of fused-ring (bicyclic) bond motifs is 1. The van der Waals surface area contributed by atoms with Gasteiger partial charge >= 0.3 is 5.97 Å². The standard InChI is InChI=1S/C11H11ClN2O3/c1-6-3-7(12)4-14-9(11(15)16)8(5-17-2)13-10(6)14/h3-4H,5H2,1-2H3,(H,15,16). The fourth-order valence-electron chi connectivity index (χ4n) is 1.78. The van der Waals surface area contributed by atoms with Crippen LogP contribution < -0.4 is 0 Å². The molecule has 0 amide bonds. The summed E-state index contributed by atoms with van der Waals surface area (Å²) in [5.41, 5.74) is 1.89. The first-order valence-electron chi connectivity index (χ1n) is 4.94. The molecule has 0 aliphatic rings.